The van der Waals surface area contributed by atoms with Gasteiger partial charge in [0.05, 0.1) is 40.8 Å². The maximum absolute atomic E-state index is 14.4. The lowest BCUT2D eigenvalue weighted by molar-refractivity contribution is -0.150. The van der Waals surface area contributed by atoms with E-state index in [1.807, 2.05) is 64.1 Å². The summed E-state index contributed by atoms with van der Waals surface area (Å²) in [5, 5.41) is 16.8. The second kappa shape index (κ2) is 10.8. The van der Waals surface area contributed by atoms with Gasteiger partial charge in [0.15, 0.2) is 0 Å². The van der Waals surface area contributed by atoms with Crippen molar-refractivity contribution in [2.24, 2.45) is 17.8 Å². The lowest BCUT2D eigenvalue weighted by Crippen LogP contribution is -2.57. The third-order valence-corrected chi connectivity index (χ3v) is 9.56. The molecule has 40 heavy (non-hydrogen) atoms. The quantitative estimate of drug-likeness (QED) is 0.423. The van der Waals surface area contributed by atoms with Crippen LogP contribution in [0.15, 0.2) is 48.5 Å². The molecule has 5 rings (SSSR count). The van der Waals surface area contributed by atoms with Gasteiger partial charge in [0.1, 0.15) is 11.6 Å². The molecule has 3 aliphatic heterocycles. The minimum atomic E-state index is -1.19. The topological polar surface area (TPSA) is 108 Å². The van der Waals surface area contributed by atoms with Gasteiger partial charge in [0, 0.05) is 6.54 Å². The molecule has 3 amide bonds. The number of benzene rings is 2. The van der Waals surface area contributed by atoms with Crippen molar-refractivity contribution in [3.8, 4) is 0 Å². The molecule has 214 valence electrons. The monoisotopic (exact) mass is 567 g/mol. The highest BCUT2D eigenvalue weighted by Gasteiger charge is 2.79. The number of hydrogen-bond donors (Lipinski definition) is 3. The number of amides is 3. The van der Waals surface area contributed by atoms with Crippen LogP contribution in [0.5, 0.6) is 0 Å². The molecule has 3 aliphatic rings. The molecule has 0 saturated carbocycles. The molecule has 3 N–H and O–H groups in total. The largest absolute Gasteiger partial charge is 0.394 e. The van der Waals surface area contributed by atoms with Gasteiger partial charge >= 0.3 is 0 Å². The van der Waals surface area contributed by atoms with E-state index in [0.29, 0.717) is 36.5 Å². The molecule has 3 heterocycles. The van der Waals surface area contributed by atoms with Gasteiger partial charge < -0.3 is 25.4 Å². The standard InChI is InChI=1S/C31H38ClN3O5/c1-5-30-14-15-31(40-30)24(23(30)27(37)33-16-20-11-7-6-8-12-20)29(39)35(22(17-36)18(2)3)26(31)28(38)34-25-19(4)10-9-13-21(25)32/h6-13,18,22-24,26,36H,5,14-17H2,1-4H3,(H,33,37)(H,34,38)/t22-,23-,24-,26?,30+,31?/m0/s1. The molecule has 2 aromatic rings. The molecular formula is C31H38ClN3O5. The number of likely N-dealkylation sites (tertiary alicyclic amines) is 1. The van der Waals surface area contributed by atoms with Crippen molar-refractivity contribution in [1.29, 1.82) is 0 Å². The van der Waals surface area contributed by atoms with E-state index in [2.05, 4.69) is 10.6 Å². The number of halogens is 1. The summed E-state index contributed by atoms with van der Waals surface area (Å²) in [5.74, 6) is -2.73. The van der Waals surface area contributed by atoms with Crippen LogP contribution in [0, 0.1) is 24.7 Å². The second-order valence-corrected chi connectivity index (χ2v) is 12.1. The van der Waals surface area contributed by atoms with E-state index in [1.54, 1.807) is 12.1 Å². The van der Waals surface area contributed by atoms with E-state index < -0.39 is 41.0 Å². The number of hydrogen-bond acceptors (Lipinski definition) is 5. The molecule has 0 aromatic heterocycles. The molecule has 3 saturated heterocycles. The molecule has 2 unspecified atom stereocenters. The molecule has 0 aliphatic carbocycles. The Kier molecular flexibility index (Phi) is 7.72. The first-order valence-electron chi connectivity index (χ1n) is 14.1. The Labute approximate surface area is 240 Å². The Morgan fingerprint density at radius 3 is 2.48 bits per heavy atom. The fourth-order valence-electron chi connectivity index (χ4n) is 7.21. The van der Waals surface area contributed by atoms with E-state index in [-0.39, 0.29) is 24.3 Å². The van der Waals surface area contributed by atoms with Gasteiger partial charge in [0.2, 0.25) is 17.7 Å². The molecule has 0 radical (unpaired) electrons. The number of fused-ring (bicyclic) bond motifs is 1. The Hall–Kier alpha value is -2.94. The van der Waals surface area contributed by atoms with Crippen molar-refractivity contribution in [1.82, 2.24) is 10.2 Å². The van der Waals surface area contributed by atoms with E-state index in [0.717, 1.165) is 11.1 Å². The molecule has 9 heteroatoms. The van der Waals surface area contributed by atoms with Gasteiger partial charge in [0.25, 0.3) is 0 Å². The van der Waals surface area contributed by atoms with Crippen LogP contribution in [0.1, 0.15) is 51.2 Å². The normalized spacial score (nSPS) is 29.5. The zero-order valence-electron chi connectivity index (χ0n) is 23.4. The summed E-state index contributed by atoms with van der Waals surface area (Å²) < 4.78 is 6.81. The molecule has 2 bridgehead atoms. The van der Waals surface area contributed by atoms with Crippen LogP contribution in [0.2, 0.25) is 5.02 Å². The zero-order valence-corrected chi connectivity index (χ0v) is 24.2. The van der Waals surface area contributed by atoms with Crippen LogP contribution in [0.3, 0.4) is 0 Å². The summed E-state index contributed by atoms with van der Waals surface area (Å²) >= 11 is 6.45. The number of para-hydroxylation sites is 1. The minimum absolute atomic E-state index is 0.135. The van der Waals surface area contributed by atoms with Crippen LogP contribution in [0.25, 0.3) is 0 Å². The smallest absolute Gasteiger partial charge is 0.250 e. The van der Waals surface area contributed by atoms with Crippen LogP contribution in [0.4, 0.5) is 5.69 Å². The first-order valence-corrected chi connectivity index (χ1v) is 14.5. The predicted octanol–water partition coefficient (Wildman–Crippen LogP) is 4.08. The van der Waals surface area contributed by atoms with E-state index >= 15 is 0 Å². The molecule has 1 spiro atoms. The number of nitrogens with zero attached hydrogens (tertiary/aromatic N) is 1. The third kappa shape index (κ3) is 4.41. The average molecular weight is 568 g/mol. The van der Waals surface area contributed by atoms with Gasteiger partial charge in [-0.15, -0.1) is 0 Å². The maximum atomic E-state index is 14.4. The highest BCUT2D eigenvalue weighted by molar-refractivity contribution is 6.34. The number of aliphatic hydroxyl groups is 1. The lowest BCUT2D eigenvalue weighted by Gasteiger charge is -2.38. The van der Waals surface area contributed by atoms with Crippen molar-refractivity contribution < 1.29 is 24.2 Å². The molecule has 2 aromatic carbocycles. The summed E-state index contributed by atoms with van der Waals surface area (Å²) in [5.41, 5.74) is 0.170. The Bertz CT molecular complexity index is 1280. The fraction of sp³-hybridized carbons (Fsp3) is 0.516. The number of nitrogens with one attached hydrogen (secondary N) is 2. The SMILES string of the molecule is CC[C@]12CCC3(O1)C(C(=O)Nc1c(C)cccc1Cl)N([C@@H](CO)C(C)C)C(=O)[C@@H]3[C@H]2C(=O)NCc1ccccc1. The van der Waals surface area contributed by atoms with Crippen molar-refractivity contribution in [2.75, 3.05) is 11.9 Å². The van der Waals surface area contributed by atoms with Crippen molar-refractivity contribution in [2.45, 2.75) is 76.8 Å². The molecular weight excluding hydrogens is 530 g/mol. The maximum Gasteiger partial charge on any atom is 0.250 e. The highest BCUT2D eigenvalue weighted by atomic mass is 35.5. The Balaban J connectivity index is 1.55. The molecule has 3 fully saturated rings. The third-order valence-electron chi connectivity index (χ3n) is 9.24. The van der Waals surface area contributed by atoms with E-state index in [9.17, 15) is 19.5 Å². The number of ether oxygens (including phenoxy) is 1. The highest BCUT2D eigenvalue weighted by Crippen LogP contribution is 2.64. The number of anilines is 1. The van der Waals surface area contributed by atoms with Crippen LogP contribution in [-0.2, 0) is 25.7 Å². The zero-order chi connectivity index (χ0) is 28.8. The first kappa shape index (κ1) is 28.6. The lowest BCUT2D eigenvalue weighted by atomic mass is 9.65. The Morgan fingerprint density at radius 2 is 1.85 bits per heavy atom. The van der Waals surface area contributed by atoms with Gasteiger partial charge in [-0.25, -0.2) is 0 Å². The van der Waals surface area contributed by atoms with E-state index in [1.165, 1.54) is 4.90 Å². The van der Waals surface area contributed by atoms with Crippen LogP contribution < -0.4 is 10.6 Å². The molecule has 6 atom stereocenters. The van der Waals surface area contributed by atoms with Gasteiger partial charge in [-0.05, 0) is 49.3 Å². The minimum Gasteiger partial charge on any atom is -0.394 e. The van der Waals surface area contributed by atoms with Gasteiger partial charge in [-0.2, -0.15) is 0 Å². The summed E-state index contributed by atoms with van der Waals surface area (Å²) in [6.45, 7) is 7.64. The van der Waals surface area contributed by atoms with E-state index in [4.69, 9.17) is 16.3 Å². The van der Waals surface area contributed by atoms with Gasteiger partial charge in [-0.1, -0.05) is 74.8 Å². The van der Waals surface area contributed by atoms with Crippen LogP contribution in [-0.4, -0.2) is 57.6 Å². The second-order valence-electron chi connectivity index (χ2n) is 11.7. The Morgan fingerprint density at radius 1 is 1.12 bits per heavy atom. The number of carbonyl (C=O) groups is 3. The number of rotatable bonds is 9. The fourth-order valence-corrected chi connectivity index (χ4v) is 7.48. The van der Waals surface area contributed by atoms with Crippen molar-refractivity contribution in [3.63, 3.8) is 0 Å². The van der Waals surface area contributed by atoms with Crippen molar-refractivity contribution in [3.05, 3.63) is 64.7 Å². The number of carbonyl (C=O) groups excluding carboxylic acids is 3. The van der Waals surface area contributed by atoms with Gasteiger partial charge in [-0.3, -0.25) is 14.4 Å². The summed E-state index contributed by atoms with van der Waals surface area (Å²) in [6, 6.07) is 13.3. The number of aliphatic hydroxyl groups excluding tert-OH is 1. The summed E-state index contributed by atoms with van der Waals surface area (Å²) in [7, 11) is 0. The first-order chi connectivity index (χ1) is 19.1. The summed E-state index contributed by atoms with van der Waals surface area (Å²) in [6.07, 6.45) is 1.56. The van der Waals surface area contributed by atoms with Crippen LogP contribution >= 0.6 is 11.6 Å². The summed E-state index contributed by atoms with van der Waals surface area (Å²) in [4.78, 5) is 43.9. The van der Waals surface area contributed by atoms with Crippen molar-refractivity contribution >= 4 is 35.0 Å². The number of aryl methyl sites for hydroxylation is 1. The molecule has 8 nitrogen and oxygen atoms in total. The average Bonchev–Trinajstić information content (AvgIpc) is 3.54. The predicted molar refractivity (Wildman–Crippen MR) is 153 cm³/mol.